The maximum Gasteiger partial charge on any atom is 0.275 e. The lowest BCUT2D eigenvalue weighted by atomic mass is 9.71. The predicted molar refractivity (Wildman–Crippen MR) is 110 cm³/mol. The van der Waals surface area contributed by atoms with Crippen molar-refractivity contribution in [3.63, 3.8) is 0 Å². The van der Waals surface area contributed by atoms with Crippen molar-refractivity contribution in [2.45, 2.75) is 57.2 Å². The number of aliphatic imine (C=N–C) groups is 1. The van der Waals surface area contributed by atoms with E-state index in [1.54, 1.807) is 12.4 Å². The molecule has 1 aromatic carbocycles. The number of nitrogens with one attached hydrogen (secondary N) is 2. The summed E-state index contributed by atoms with van der Waals surface area (Å²) in [4.78, 5) is 16.0. The summed E-state index contributed by atoms with van der Waals surface area (Å²) in [5.41, 5.74) is 0.407. The number of nitrogens with zero attached hydrogens (tertiary/aromatic N) is 1. The SMILES string of the molecule is C\C=C(/C=N\C(=C\CC)NC1(c2ccccc2)CCC(F)(CF)CC1)C(=O)NO. The van der Waals surface area contributed by atoms with Gasteiger partial charge in [-0.05, 0) is 50.7 Å². The van der Waals surface area contributed by atoms with Gasteiger partial charge in [-0.1, -0.05) is 43.3 Å². The number of hydrogen-bond acceptors (Lipinski definition) is 4. The van der Waals surface area contributed by atoms with Gasteiger partial charge in [-0.2, -0.15) is 0 Å². The first-order valence-corrected chi connectivity index (χ1v) is 9.85. The van der Waals surface area contributed by atoms with Gasteiger partial charge in [0.2, 0.25) is 0 Å². The second kappa shape index (κ2) is 10.3. The molecule has 29 heavy (non-hydrogen) atoms. The van der Waals surface area contributed by atoms with Crippen molar-refractivity contribution in [1.29, 1.82) is 0 Å². The van der Waals surface area contributed by atoms with Gasteiger partial charge in [0.05, 0.1) is 11.1 Å². The van der Waals surface area contributed by atoms with Crippen LogP contribution in [-0.4, -0.2) is 29.7 Å². The highest BCUT2D eigenvalue weighted by Gasteiger charge is 2.44. The van der Waals surface area contributed by atoms with Crippen LogP contribution in [0.2, 0.25) is 0 Å². The van der Waals surface area contributed by atoms with Gasteiger partial charge >= 0.3 is 0 Å². The van der Waals surface area contributed by atoms with E-state index in [2.05, 4.69) is 10.3 Å². The number of carbonyl (C=O) groups is 1. The Balaban J connectivity index is 2.33. The molecule has 158 valence electrons. The van der Waals surface area contributed by atoms with E-state index in [0.717, 1.165) is 5.56 Å². The zero-order valence-electron chi connectivity index (χ0n) is 16.9. The van der Waals surface area contributed by atoms with Crippen LogP contribution in [0.15, 0.2) is 58.9 Å². The molecule has 0 radical (unpaired) electrons. The normalized spacial score (nSPS) is 25.8. The molecule has 1 fully saturated rings. The quantitative estimate of drug-likeness (QED) is 0.258. The van der Waals surface area contributed by atoms with Crippen LogP contribution >= 0.6 is 0 Å². The van der Waals surface area contributed by atoms with Crippen LogP contribution in [-0.2, 0) is 10.3 Å². The molecule has 0 bridgehead atoms. The minimum Gasteiger partial charge on any atom is -0.361 e. The average Bonchev–Trinajstić information content (AvgIpc) is 2.76. The fourth-order valence-electron chi connectivity index (χ4n) is 3.54. The first-order chi connectivity index (χ1) is 13.9. The summed E-state index contributed by atoms with van der Waals surface area (Å²) >= 11 is 0. The number of allylic oxidation sites excluding steroid dienone is 2. The zero-order chi connectivity index (χ0) is 21.3. The average molecular weight is 405 g/mol. The fraction of sp³-hybridized carbons (Fsp3) is 0.455. The van der Waals surface area contributed by atoms with Crippen LogP contribution in [0.1, 0.15) is 51.5 Å². The van der Waals surface area contributed by atoms with E-state index >= 15 is 0 Å². The largest absolute Gasteiger partial charge is 0.361 e. The second-order valence-corrected chi connectivity index (χ2v) is 7.30. The standard InChI is InChI=1S/C22H29F2N3O2/c1-3-8-19(25-15-17(4-2)20(28)27-29)26-22(18-9-6-5-7-10-18)13-11-21(24,16-23)12-14-22/h4-10,15,26,29H,3,11-14,16H2,1-2H3,(H,27,28)/b17-4+,19-8-,25-15-. The molecule has 5 nitrogen and oxygen atoms in total. The molecule has 1 aliphatic carbocycles. The Hall–Kier alpha value is -2.54. The zero-order valence-corrected chi connectivity index (χ0v) is 16.9. The Morgan fingerprint density at radius 2 is 1.90 bits per heavy atom. The van der Waals surface area contributed by atoms with E-state index in [-0.39, 0.29) is 18.4 Å². The molecule has 7 heteroatoms. The highest BCUT2D eigenvalue weighted by Crippen LogP contribution is 2.44. The Bertz CT molecular complexity index is 768. The number of carbonyl (C=O) groups excluding carboxylic acids is 1. The maximum absolute atomic E-state index is 14.6. The van der Waals surface area contributed by atoms with E-state index in [0.29, 0.717) is 25.1 Å². The van der Waals surface area contributed by atoms with Gasteiger partial charge in [0.15, 0.2) is 0 Å². The number of hydroxylamine groups is 1. The van der Waals surface area contributed by atoms with Gasteiger partial charge in [-0.25, -0.2) is 19.3 Å². The number of amides is 1. The third kappa shape index (κ3) is 5.73. The van der Waals surface area contributed by atoms with Gasteiger partial charge < -0.3 is 5.32 Å². The van der Waals surface area contributed by atoms with Crippen molar-refractivity contribution < 1.29 is 18.8 Å². The lowest BCUT2D eigenvalue weighted by molar-refractivity contribution is -0.124. The first-order valence-electron chi connectivity index (χ1n) is 9.85. The smallest absolute Gasteiger partial charge is 0.275 e. The van der Waals surface area contributed by atoms with Crippen molar-refractivity contribution in [1.82, 2.24) is 10.8 Å². The Kier molecular flexibility index (Phi) is 8.08. The van der Waals surface area contributed by atoms with Crippen molar-refractivity contribution in [2.75, 3.05) is 6.67 Å². The number of rotatable bonds is 8. The summed E-state index contributed by atoms with van der Waals surface area (Å²) in [6.45, 7) is 2.65. The highest BCUT2D eigenvalue weighted by atomic mass is 19.2. The predicted octanol–water partition coefficient (Wildman–Crippen LogP) is 4.50. The summed E-state index contributed by atoms with van der Waals surface area (Å²) in [7, 11) is 0. The summed E-state index contributed by atoms with van der Waals surface area (Å²) in [5.74, 6) is -0.124. The summed E-state index contributed by atoms with van der Waals surface area (Å²) < 4.78 is 27.7. The molecular weight excluding hydrogens is 376 g/mol. The summed E-state index contributed by atoms with van der Waals surface area (Å²) in [6, 6.07) is 9.69. The molecule has 1 amide bonds. The second-order valence-electron chi connectivity index (χ2n) is 7.30. The van der Waals surface area contributed by atoms with Crippen molar-refractivity contribution in [2.24, 2.45) is 4.99 Å². The molecule has 1 saturated carbocycles. The molecule has 0 unspecified atom stereocenters. The van der Waals surface area contributed by atoms with Crippen molar-refractivity contribution in [3.05, 3.63) is 59.4 Å². The number of hydrogen-bond donors (Lipinski definition) is 3. The lowest BCUT2D eigenvalue weighted by Gasteiger charge is -2.43. The molecule has 0 aliphatic heterocycles. The molecule has 0 aromatic heterocycles. The van der Waals surface area contributed by atoms with E-state index in [9.17, 15) is 13.6 Å². The summed E-state index contributed by atoms with van der Waals surface area (Å²) in [5, 5.41) is 12.3. The maximum atomic E-state index is 14.6. The summed E-state index contributed by atoms with van der Waals surface area (Å²) in [6.07, 6.45) is 6.52. The van der Waals surface area contributed by atoms with Gasteiger partial charge in [0.25, 0.3) is 5.91 Å². The molecule has 0 atom stereocenters. The number of alkyl halides is 2. The van der Waals surface area contributed by atoms with Crippen LogP contribution in [0.5, 0.6) is 0 Å². The minimum absolute atomic E-state index is 0.113. The topological polar surface area (TPSA) is 73.7 Å². The Morgan fingerprint density at radius 3 is 2.41 bits per heavy atom. The minimum atomic E-state index is -1.78. The van der Waals surface area contributed by atoms with Crippen LogP contribution in [0.3, 0.4) is 0 Å². The van der Waals surface area contributed by atoms with Gasteiger partial charge in [0.1, 0.15) is 18.2 Å². The lowest BCUT2D eigenvalue weighted by Crippen LogP contribution is -2.48. The van der Waals surface area contributed by atoms with E-state index in [1.807, 2.05) is 43.3 Å². The molecule has 0 heterocycles. The molecule has 3 N–H and O–H groups in total. The number of benzene rings is 1. The third-order valence-electron chi connectivity index (χ3n) is 5.35. The molecule has 1 aromatic rings. The van der Waals surface area contributed by atoms with E-state index in [1.165, 1.54) is 12.3 Å². The van der Waals surface area contributed by atoms with Crippen molar-refractivity contribution in [3.8, 4) is 0 Å². The molecule has 0 spiro atoms. The number of halogens is 2. The third-order valence-corrected chi connectivity index (χ3v) is 5.35. The van der Waals surface area contributed by atoms with Crippen LogP contribution < -0.4 is 10.8 Å². The molecular formula is C22H29F2N3O2. The van der Waals surface area contributed by atoms with Crippen LogP contribution in [0, 0.1) is 0 Å². The van der Waals surface area contributed by atoms with E-state index in [4.69, 9.17) is 5.21 Å². The first kappa shape index (κ1) is 22.7. The molecule has 1 aliphatic rings. The molecule has 0 saturated heterocycles. The van der Waals surface area contributed by atoms with Crippen molar-refractivity contribution >= 4 is 12.1 Å². The Morgan fingerprint density at radius 1 is 1.24 bits per heavy atom. The monoisotopic (exact) mass is 405 g/mol. The van der Waals surface area contributed by atoms with Crippen LogP contribution in [0.4, 0.5) is 8.78 Å². The molecule has 2 rings (SSSR count). The highest BCUT2D eigenvalue weighted by molar-refractivity contribution is 6.11. The van der Waals surface area contributed by atoms with Gasteiger partial charge in [-0.3, -0.25) is 10.0 Å². The van der Waals surface area contributed by atoms with Gasteiger partial charge in [-0.15, -0.1) is 0 Å². The van der Waals surface area contributed by atoms with Gasteiger partial charge in [0, 0.05) is 6.21 Å². The van der Waals surface area contributed by atoms with E-state index < -0.39 is 23.8 Å². The fourth-order valence-corrected chi connectivity index (χ4v) is 3.54. The van der Waals surface area contributed by atoms with Crippen LogP contribution in [0.25, 0.3) is 0 Å². The Labute approximate surface area is 170 Å².